The monoisotopic (exact) mass is 394 g/mol. The van der Waals surface area contributed by atoms with Gasteiger partial charge in [-0.05, 0) is 12.1 Å². The van der Waals surface area contributed by atoms with E-state index in [-0.39, 0.29) is 27.7 Å². The van der Waals surface area contributed by atoms with E-state index >= 15 is 0 Å². The minimum atomic E-state index is -2.34. The van der Waals surface area contributed by atoms with Gasteiger partial charge in [0.1, 0.15) is 0 Å². The van der Waals surface area contributed by atoms with Crippen molar-refractivity contribution in [1.82, 2.24) is 9.67 Å². The van der Waals surface area contributed by atoms with Gasteiger partial charge in [-0.2, -0.15) is 0 Å². The van der Waals surface area contributed by atoms with E-state index in [0.717, 1.165) is 0 Å². The van der Waals surface area contributed by atoms with Crippen molar-refractivity contribution < 1.29 is 18.2 Å². The number of amides is 2. The minimum absolute atomic E-state index is 0.0332. The van der Waals surface area contributed by atoms with Crippen molar-refractivity contribution in [2.45, 2.75) is 5.60 Å². The summed E-state index contributed by atoms with van der Waals surface area (Å²) < 4.78 is 17.4. The highest BCUT2D eigenvalue weighted by Crippen LogP contribution is 2.35. The summed E-state index contributed by atoms with van der Waals surface area (Å²) >= 11 is 22.4. The normalized spacial score (nSPS) is 11.1. The predicted octanol–water partition coefficient (Wildman–Crippen LogP) is 3.32. The highest BCUT2D eigenvalue weighted by atomic mass is 35.5. The largest absolute Gasteiger partial charge is 0.282 e. The van der Waals surface area contributed by atoms with E-state index in [1.54, 1.807) is 9.67 Å². The molecule has 0 aliphatic carbocycles. The molecule has 21 heavy (non-hydrogen) atoms. The van der Waals surface area contributed by atoms with Crippen LogP contribution in [0, 0.1) is 0 Å². The van der Waals surface area contributed by atoms with Crippen LogP contribution in [-0.2, 0) is 19.4 Å². The molecule has 0 aliphatic rings. The number of hydrogen-bond donors (Lipinski definition) is 2. The lowest BCUT2D eigenvalue weighted by molar-refractivity contribution is -0.148. The molecule has 0 radical (unpaired) electrons. The Morgan fingerprint density at radius 2 is 1.76 bits per heavy atom. The lowest BCUT2D eigenvalue weighted by atomic mass is 9.92. The second kappa shape index (κ2) is 8.26. The van der Waals surface area contributed by atoms with Gasteiger partial charge in [0.2, 0.25) is 0 Å². The van der Waals surface area contributed by atoms with Crippen molar-refractivity contribution in [1.29, 1.82) is 0 Å². The maximum Gasteiger partial charge on any atom is 0.282 e. The van der Waals surface area contributed by atoms with Gasteiger partial charge in [0.15, 0.2) is 6.01 Å². The Balaban J connectivity index is 3.48. The molecule has 1 rings (SSSR count). The van der Waals surface area contributed by atoms with Crippen LogP contribution in [0.3, 0.4) is 0 Å². The van der Waals surface area contributed by atoms with E-state index in [1.165, 1.54) is 18.2 Å². The Kier molecular flexibility index (Phi) is 7.32. The fraction of sp³-hybridized carbons (Fsp3) is 0.200. The molecule has 2 N–H and O–H groups in total. The molecule has 11 heteroatoms. The zero-order chi connectivity index (χ0) is 16.0. The molecule has 0 aromatic heterocycles. The summed E-state index contributed by atoms with van der Waals surface area (Å²) in [7, 11) is 0. The second-order valence-electron chi connectivity index (χ2n) is 3.47. The van der Waals surface area contributed by atoms with Crippen molar-refractivity contribution in [3.8, 4) is 0 Å². The number of benzene rings is 1. The molecule has 0 fully saturated rings. The van der Waals surface area contributed by atoms with E-state index in [4.69, 9.17) is 50.9 Å². The highest BCUT2D eigenvalue weighted by Gasteiger charge is 2.50. The van der Waals surface area contributed by atoms with Crippen LogP contribution in [0.4, 0.5) is 4.39 Å². The maximum absolute atomic E-state index is 12.4. The van der Waals surface area contributed by atoms with Crippen molar-refractivity contribution in [3.63, 3.8) is 0 Å². The Labute approximate surface area is 143 Å². The number of carbonyl (C=O) groups is 2. The van der Waals surface area contributed by atoms with Gasteiger partial charge in [-0.1, -0.05) is 29.3 Å². The van der Waals surface area contributed by atoms with Crippen LogP contribution in [0.1, 0.15) is 5.56 Å². The maximum atomic E-state index is 12.4. The predicted molar refractivity (Wildman–Crippen MR) is 80.8 cm³/mol. The minimum Gasteiger partial charge on any atom is -0.281 e. The third-order valence-electron chi connectivity index (χ3n) is 2.37. The van der Waals surface area contributed by atoms with Crippen LogP contribution >= 0.6 is 58.8 Å². The third-order valence-corrected chi connectivity index (χ3v) is 3.91. The summed E-state index contributed by atoms with van der Waals surface area (Å²) in [5.74, 6) is -2.16. The van der Waals surface area contributed by atoms with Crippen LogP contribution in [0.2, 0.25) is 10.0 Å². The number of nitrogens with one attached hydrogen (secondary N) is 2. The zero-order valence-corrected chi connectivity index (χ0v) is 13.8. The fourth-order valence-corrected chi connectivity index (χ4v) is 2.48. The van der Waals surface area contributed by atoms with Crippen LogP contribution in [0.15, 0.2) is 18.2 Å². The highest BCUT2D eigenvalue weighted by molar-refractivity contribution is 7.94. The van der Waals surface area contributed by atoms with Gasteiger partial charge >= 0.3 is 0 Å². The van der Waals surface area contributed by atoms with Gasteiger partial charge in [0, 0.05) is 41.2 Å². The quantitative estimate of drug-likeness (QED) is 0.440. The van der Waals surface area contributed by atoms with Gasteiger partial charge in [0.05, 0.1) is 10.0 Å². The Morgan fingerprint density at radius 1 is 1.19 bits per heavy atom. The van der Waals surface area contributed by atoms with Crippen LogP contribution in [0.5, 0.6) is 0 Å². The smallest absolute Gasteiger partial charge is 0.281 e. The Bertz CT molecular complexity index is 533. The molecule has 1 aromatic carbocycles. The first-order chi connectivity index (χ1) is 9.93. The van der Waals surface area contributed by atoms with Gasteiger partial charge in [0.25, 0.3) is 17.4 Å². The number of hydrogen-bond acceptors (Lipinski definition) is 4. The lowest BCUT2D eigenvalue weighted by Gasteiger charge is -2.28. The summed E-state index contributed by atoms with van der Waals surface area (Å²) in [4.78, 5) is 27.6. The molecule has 0 spiro atoms. The van der Waals surface area contributed by atoms with Crippen LogP contribution in [-0.4, -0.2) is 17.8 Å². The van der Waals surface area contributed by atoms with E-state index in [2.05, 4.69) is 0 Å². The first kappa shape index (κ1) is 18.6. The van der Waals surface area contributed by atoms with E-state index in [9.17, 15) is 14.0 Å². The van der Waals surface area contributed by atoms with Crippen molar-refractivity contribution in [2.24, 2.45) is 0 Å². The van der Waals surface area contributed by atoms with E-state index in [1.807, 2.05) is 0 Å². The molecular weight excluding hydrogens is 389 g/mol. The summed E-state index contributed by atoms with van der Waals surface area (Å²) in [5.41, 5.74) is -2.37. The van der Waals surface area contributed by atoms with E-state index < -0.39 is 23.4 Å². The molecule has 0 aliphatic heterocycles. The molecule has 1 aromatic rings. The third kappa shape index (κ3) is 3.85. The standard InChI is InChI=1S/C10H7Cl4FN2O3S/c11-6-2-1-5(3-7(6)12)10(8(18)16-13,9(19)17-14)20-21-4-15/h1-3H,4H2,(H,16,18)(H,17,19). The van der Waals surface area contributed by atoms with Crippen LogP contribution < -0.4 is 9.67 Å². The molecule has 116 valence electrons. The molecule has 0 bridgehead atoms. The molecule has 0 atom stereocenters. The molecule has 5 nitrogen and oxygen atoms in total. The van der Waals surface area contributed by atoms with Crippen LogP contribution in [0.25, 0.3) is 0 Å². The SMILES string of the molecule is O=C(NCl)C(OSCF)(C(=O)NCl)c1ccc(Cl)c(Cl)c1. The van der Waals surface area contributed by atoms with Crippen molar-refractivity contribution in [2.75, 3.05) is 6.01 Å². The average Bonchev–Trinajstić information content (AvgIpc) is 2.50. The number of rotatable bonds is 6. The Hall–Kier alpha value is -0.440. The van der Waals surface area contributed by atoms with E-state index in [0.29, 0.717) is 0 Å². The molecular formula is C10H7Cl4FN2O3S. The van der Waals surface area contributed by atoms with Gasteiger partial charge < -0.3 is 0 Å². The fourth-order valence-electron chi connectivity index (χ4n) is 1.45. The van der Waals surface area contributed by atoms with Gasteiger partial charge in [-0.25, -0.2) is 4.39 Å². The topological polar surface area (TPSA) is 67.4 Å². The molecule has 0 heterocycles. The summed E-state index contributed by atoms with van der Waals surface area (Å²) in [6, 6.07) is 2.82. The molecule has 0 unspecified atom stereocenters. The van der Waals surface area contributed by atoms with Gasteiger partial charge in [-0.3, -0.25) is 23.4 Å². The van der Waals surface area contributed by atoms with Gasteiger partial charge in [-0.15, -0.1) is 0 Å². The Morgan fingerprint density at radius 3 is 2.19 bits per heavy atom. The lowest BCUT2D eigenvalue weighted by Crippen LogP contribution is -2.52. The number of carbonyl (C=O) groups excluding carboxylic acids is 2. The summed E-state index contributed by atoms with van der Waals surface area (Å²) in [6.45, 7) is 0. The summed E-state index contributed by atoms with van der Waals surface area (Å²) in [5, 5.41) is 0.238. The summed E-state index contributed by atoms with van der Waals surface area (Å²) in [6.07, 6.45) is 0. The molecule has 0 saturated heterocycles. The molecule has 0 saturated carbocycles. The second-order valence-corrected chi connectivity index (χ2v) is 5.28. The number of alkyl halides is 1. The zero-order valence-electron chi connectivity index (χ0n) is 9.96. The average molecular weight is 396 g/mol. The van der Waals surface area contributed by atoms with Crippen molar-refractivity contribution >= 4 is 70.6 Å². The van der Waals surface area contributed by atoms with Crippen molar-refractivity contribution in [3.05, 3.63) is 33.8 Å². The number of halogens is 5. The first-order valence-electron chi connectivity index (χ1n) is 5.08. The first-order valence-corrected chi connectivity index (χ1v) is 7.50. The molecule has 2 amide bonds.